The fourth-order valence-electron chi connectivity index (χ4n) is 9.81. The van der Waals surface area contributed by atoms with Gasteiger partial charge >= 0.3 is 5.97 Å². The van der Waals surface area contributed by atoms with Crippen molar-refractivity contribution in [1.29, 1.82) is 0 Å². The van der Waals surface area contributed by atoms with Crippen LogP contribution in [0.2, 0.25) is 0 Å². The average molecular weight is 457 g/mol. The van der Waals surface area contributed by atoms with E-state index in [0.717, 1.165) is 31.1 Å². The Balaban J connectivity index is 1.25. The van der Waals surface area contributed by atoms with Gasteiger partial charge in [-0.2, -0.15) is 0 Å². The number of fused-ring (bicyclic) bond motifs is 5. The Morgan fingerprint density at radius 1 is 0.879 bits per heavy atom. The Hall–Kier alpha value is -0.860. The molecule has 1 unspecified atom stereocenters. The Morgan fingerprint density at radius 2 is 1.61 bits per heavy atom. The van der Waals surface area contributed by atoms with Gasteiger partial charge in [0.05, 0.1) is 0 Å². The molecule has 0 amide bonds. The molecular weight excluding hydrogens is 408 g/mol. The third-order valence-electron chi connectivity index (χ3n) is 11.9. The van der Waals surface area contributed by atoms with Gasteiger partial charge in [0, 0.05) is 24.7 Å². The Kier molecular flexibility index (Phi) is 6.73. The van der Waals surface area contributed by atoms with E-state index < -0.39 is 0 Å². The summed E-state index contributed by atoms with van der Waals surface area (Å²) in [6, 6.07) is 0. The maximum atomic E-state index is 13.0. The first-order valence-electron chi connectivity index (χ1n) is 14.5. The third-order valence-corrected chi connectivity index (χ3v) is 11.9. The lowest BCUT2D eigenvalue weighted by Crippen LogP contribution is -2.56. The highest BCUT2D eigenvalue weighted by Gasteiger charge is 2.62. The molecule has 5 saturated carbocycles. The summed E-state index contributed by atoms with van der Waals surface area (Å²) < 4.78 is 6.32. The lowest BCUT2D eigenvalue weighted by molar-refractivity contribution is -0.169. The van der Waals surface area contributed by atoms with Crippen LogP contribution in [0.15, 0.2) is 0 Å². The summed E-state index contributed by atoms with van der Waals surface area (Å²) >= 11 is 0. The van der Waals surface area contributed by atoms with E-state index in [4.69, 9.17) is 4.74 Å². The zero-order valence-electron chi connectivity index (χ0n) is 21.6. The number of carbonyl (C=O) groups excluding carboxylic acids is 2. The molecule has 3 nitrogen and oxygen atoms in total. The van der Waals surface area contributed by atoms with Crippen molar-refractivity contribution >= 4 is 11.8 Å². The van der Waals surface area contributed by atoms with Crippen LogP contribution >= 0.6 is 0 Å². The lowest BCUT2D eigenvalue weighted by atomic mass is 9.43. The van der Waals surface area contributed by atoms with Crippen molar-refractivity contribution in [2.75, 3.05) is 0 Å². The summed E-state index contributed by atoms with van der Waals surface area (Å²) in [6.45, 7) is 7.35. The van der Waals surface area contributed by atoms with Crippen LogP contribution in [0.5, 0.6) is 0 Å². The molecule has 5 rings (SSSR count). The van der Waals surface area contributed by atoms with Crippen LogP contribution in [0.4, 0.5) is 0 Å². The molecule has 3 heteroatoms. The average Bonchev–Trinajstić information content (AvgIpc) is 3.07. The maximum absolute atomic E-state index is 13.0. The van der Waals surface area contributed by atoms with Crippen molar-refractivity contribution in [3.05, 3.63) is 0 Å². The molecule has 0 bridgehead atoms. The van der Waals surface area contributed by atoms with Crippen molar-refractivity contribution in [3.8, 4) is 0 Å². The fourth-order valence-corrected chi connectivity index (χ4v) is 9.81. The Labute approximate surface area is 202 Å². The van der Waals surface area contributed by atoms with Crippen LogP contribution in [-0.2, 0) is 14.3 Å². The van der Waals surface area contributed by atoms with Crippen LogP contribution in [-0.4, -0.2) is 17.9 Å². The molecule has 0 N–H and O–H groups in total. The molecule has 186 valence electrons. The number of esters is 1. The zero-order valence-corrected chi connectivity index (χ0v) is 21.6. The first-order valence-corrected chi connectivity index (χ1v) is 14.5. The molecular formula is C30H48O3. The molecule has 0 aromatic rings. The maximum Gasteiger partial charge on any atom is 0.306 e. The molecule has 0 heterocycles. The summed E-state index contributed by atoms with van der Waals surface area (Å²) in [7, 11) is 0. The topological polar surface area (TPSA) is 43.4 Å². The van der Waals surface area contributed by atoms with E-state index >= 15 is 0 Å². The van der Waals surface area contributed by atoms with Gasteiger partial charge in [0.15, 0.2) is 0 Å². The zero-order chi connectivity index (χ0) is 23.2. The van der Waals surface area contributed by atoms with Gasteiger partial charge in [0.25, 0.3) is 0 Å². The number of ether oxygens (including phenoxy) is 1. The summed E-state index contributed by atoms with van der Waals surface area (Å²) in [5.41, 5.74) is 0.486. The minimum atomic E-state index is 0.0876. The van der Waals surface area contributed by atoms with E-state index in [-0.39, 0.29) is 17.5 Å². The van der Waals surface area contributed by atoms with Crippen molar-refractivity contribution in [2.45, 2.75) is 130 Å². The lowest BCUT2D eigenvalue weighted by Gasteiger charge is -2.62. The normalized spacial score (nSPS) is 46.5. The largest absolute Gasteiger partial charge is 0.462 e. The van der Waals surface area contributed by atoms with Gasteiger partial charge in [0.1, 0.15) is 11.9 Å². The van der Waals surface area contributed by atoms with Gasteiger partial charge in [-0.1, -0.05) is 52.9 Å². The van der Waals surface area contributed by atoms with Crippen LogP contribution in [0.25, 0.3) is 0 Å². The highest BCUT2D eigenvalue weighted by molar-refractivity contribution is 5.80. The number of rotatable bonds is 3. The molecule has 0 spiro atoms. The van der Waals surface area contributed by atoms with Crippen molar-refractivity contribution < 1.29 is 14.3 Å². The molecule has 0 saturated heterocycles. The van der Waals surface area contributed by atoms with Crippen LogP contribution < -0.4 is 0 Å². The standard InChI is InChI=1S/C30H48O3/c1-20-17-23(31)19-22-11-12-24-25-13-14-27(29(25,2)16-15-26(24)30(20,22)3)33-28(32)18-21-9-7-5-4-6-8-10-21/h20-22,24-27H,4-19H2,1-3H3/t20-,22?,24-,25-,26-,27-,29-,30-/m0/s1. The van der Waals surface area contributed by atoms with Crippen molar-refractivity contribution in [3.63, 3.8) is 0 Å². The summed E-state index contributed by atoms with van der Waals surface area (Å²) in [4.78, 5) is 25.4. The molecule has 33 heavy (non-hydrogen) atoms. The highest BCUT2D eigenvalue weighted by atomic mass is 16.5. The van der Waals surface area contributed by atoms with E-state index in [0.29, 0.717) is 41.3 Å². The smallest absolute Gasteiger partial charge is 0.306 e. The molecule has 0 aromatic carbocycles. The molecule has 0 aliphatic heterocycles. The van der Waals surface area contributed by atoms with Crippen LogP contribution in [0.3, 0.4) is 0 Å². The predicted molar refractivity (Wildman–Crippen MR) is 132 cm³/mol. The monoisotopic (exact) mass is 456 g/mol. The summed E-state index contributed by atoms with van der Waals surface area (Å²) in [6.07, 6.45) is 18.7. The fraction of sp³-hybridized carbons (Fsp3) is 0.933. The molecule has 5 aliphatic carbocycles. The first-order chi connectivity index (χ1) is 15.8. The van der Waals surface area contributed by atoms with E-state index in [1.807, 2.05) is 0 Å². The number of Topliss-reactive ketones (excluding diaryl/α,β-unsaturated/α-hetero) is 1. The minimum Gasteiger partial charge on any atom is -0.462 e. The molecule has 0 aromatic heterocycles. The first kappa shape index (κ1) is 23.9. The minimum absolute atomic E-state index is 0.0876. The van der Waals surface area contributed by atoms with Crippen LogP contribution in [0, 0.1) is 46.3 Å². The van der Waals surface area contributed by atoms with E-state index in [1.165, 1.54) is 77.0 Å². The quantitative estimate of drug-likeness (QED) is 0.413. The van der Waals surface area contributed by atoms with Gasteiger partial charge in [-0.15, -0.1) is 0 Å². The van der Waals surface area contributed by atoms with Gasteiger partial charge in [-0.3, -0.25) is 9.59 Å². The second-order valence-electron chi connectivity index (χ2n) is 13.4. The molecule has 8 atom stereocenters. The third kappa shape index (κ3) is 4.22. The Bertz CT molecular complexity index is 737. The number of carbonyl (C=O) groups is 2. The van der Waals surface area contributed by atoms with Crippen LogP contribution in [0.1, 0.15) is 124 Å². The van der Waals surface area contributed by atoms with E-state index in [2.05, 4.69) is 20.8 Å². The van der Waals surface area contributed by atoms with Gasteiger partial charge in [-0.05, 0) is 92.3 Å². The Morgan fingerprint density at radius 3 is 2.36 bits per heavy atom. The van der Waals surface area contributed by atoms with Gasteiger partial charge in [0.2, 0.25) is 0 Å². The summed E-state index contributed by atoms with van der Waals surface area (Å²) in [5, 5.41) is 0. The van der Waals surface area contributed by atoms with Gasteiger partial charge in [-0.25, -0.2) is 0 Å². The molecule has 5 fully saturated rings. The predicted octanol–water partition coefficient (Wildman–Crippen LogP) is 7.51. The van der Waals surface area contributed by atoms with E-state index in [1.54, 1.807) is 0 Å². The summed E-state index contributed by atoms with van der Waals surface area (Å²) in [5.74, 6) is 4.45. The SMILES string of the molecule is C[C@H]1CC(=O)CC2CC[C@H]3[C@@H]4CC[C@H](OC(=O)CC5CCCCCCC5)[C@@]4(C)CC[C@@H]3[C@]21C. The van der Waals surface area contributed by atoms with Crippen molar-refractivity contribution in [2.24, 2.45) is 46.3 Å². The highest BCUT2D eigenvalue weighted by Crippen LogP contribution is 2.67. The second kappa shape index (κ2) is 9.30. The van der Waals surface area contributed by atoms with E-state index in [9.17, 15) is 9.59 Å². The number of hydrogen-bond donors (Lipinski definition) is 0. The molecule has 0 radical (unpaired) electrons. The molecule has 5 aliphatic rings. The number of ketones is 1. The van der Waals surface area contributed by atoms with Crippen molar-refractivity contribution in [1.82, 2.24) is 0 Å². The second-order valence-corrected chi connectivity index (χ2v) is 13.4. The number of hydrogen-bond acceptors (Lipinski definition) is 3. The van der Waals surface area contributed by atoms with Gasteiger partial charge < -0.3 is 4.74 Å².